The second kappa shape index (κ2) is 6.35. The molecule has 0 saturated carbocycles. The number of pyridine rings is 1. The maximum atomic E-state index is 11.9. The molecule has 0 aliphatic rings. The van der Waals surface area contributed by atoms with Crippen molar-refractivity contribution in [2.45, 2.75) is 0 Å². The summed E-state index contributed by atoms with van der Waals surface area (Å²) in [5.74, 6) is -0.301. The van der Waals surface area contributed by atoms with E-state index in [4.69, 9.17) is 16.1 Å². The van der Waals surface area contributed by atoms with E-state index in [2.05, 4.69) is 25.4 Å². The first kappa shape index (κ1) is 15.4. The number of carbonyl (C=O) groups excluding carboxylic acids is 1. The van der Waals surface area contributed by atoms with Gasteiger partial charge in [0.2, 0.25) is 5.82 Å². The molecule has 3 rings (SSSR count). The van der Waals surface area contributed by atoms with Crippen LogP contribution in [0.1, 0.15) is 10.7 Å². The van der Waals surface area contributed by atoms with Crippen LogP contribution in [-0.4, -0.2) is 58.1 Å². The molecule has 0 spiro atoms. The van der Waals surface area contributed by atoms with Gasteiger partial charge in [-0.05, 0) is 20.2 Å². The van der Waals surface area contributed by atoms with Gasteiger partial charge in [0.15, 0.2) is 0 Å². The molecule has 0 atom stereocenters. The molecule has 2 N–H and O–H groups in total. The van der Waals surface area contributed by atoms with Gasteiger partial charge in [-0.3, -0.25) is 4.79 Å². The molecule has 0 bridgehead atoms. The number of carbonyl (C=O) groups is 1. The van der Waals surface area contributed by atoms with Crippen LogP contribution < -0.4 is 5.32 Å². The van der Waals surface area contributed by atoms with Crippen LogP contribution in [-0.2, 0) is 0 Å². The number of fused-ring (bicyclic) bond motifs is 1. The number of aromatic nitrogens is 4. The molecule has 9 heteroatoms. The zero-order valence-electron chi connectivity index (χ0n) is 12.6. The Labute approximate surface area is 136 Å². The number of halogens is 1. The van der Waals surface area contributed by atoms with Crippen molar-refractivity contribution in [1.82, 2.24) is 30.3 Å². The third-order valence-electron chi connectivity index (χ3n) is 3.23. The molecule has 0 aromatic carbocycles. The number of likely N-dealkylation sites (N-methyl/N-ethyl adjacent to an activating group) is 1. The zero-order chi connectivity index (χ0) is 16.4. The van der Waals surface area contributed by atoms with Crippen molar-refractivity contribution < 1.29 is 9.32 Å². The highest BCUT2D eigenvalue weighted by molar-refractivity contribution is 6.37. The van der Waals surface area contributed by atoms with Crippen LogP contribution in [0.2, 0.25) is 5.02 Å². The fourth-order valence-electron chi connectivity index (χ4n) is 2.03. The predicted octanol–water partition coefficient (Wildman–Crippen LogP) is 1.56. The average Bonchev–Trinajstić information content (AvgIpc) is 3.16. The number of aromatic amines is 1. The van der Waals surface area contributed by atoms with Gasteiger partial charge >= 0.3 is 11.8 Å². The molecule has 0 aliphatic heterocycles. The Balaban J connectivity index is 1.80. The summed E-state index contributed by atoms with van der Waals surface area (Å²) >= 11 is 6.34. The minimum absolute atomic E-state index is 0.107. The fourth-order valence-corrected chi connectivity index (χ4v) is 2.31. The van der Waals surface area contributed by atoms with Gasteiger partial charge in [-0.25, -0.2) is 4.98 Å². The first-order chi connectivity index (χ1) is 11.1. The van der Waals surface area contributed by atoms with Gasteiger partial charge in [0.1, 0.15) is 5.65 Å². The van der Waals surface area contributed by atoms with E-state index < -0.39 is 5.91 Å². The van der Waals surface area contributed by atoms with E-state index >= 15 is 0 Å². The molecule has 0 radical (unpaired) electrons. The van der Waals surface area contributed by atoms with Gasteiger partial charge in [-0.1, -0.05) is 16.8 Å². The molecular formula is C14H15ClN6O2. The van der Waals surface area contributed by atoms with Crippen molar-refractivity contribution in [1.29, 1.82) is 0 Å². The molecule has 3 aromatic rings. The molecule has 8 nitrogen and oxygen atoms in total. The highest BCUT2D eigenvalue weighted by Crippen LogP contribution is 2.30. The van der Waals surface area contributed by atoms with Gasteiger partial charge in [-0.15, -0.1) is 0 Å². The third kappa shape index (κ3) is 3.17. The fraction of sp³-hybridized carbons (Fsp3) is 0.286. The summed E-state index contributed by atoms with van der Waals surface area (Å²) in [7, 11) is 3.84. The molecule has 3 aromatic heterocycles. The van der Waals surface area contributed by atoms with E-state index in [-0.39, 0.29) is 11.7 Å². The highest BCUT2D eigenvalue weighted by atomic mass is 35.5. The second-order valence-electron chi connectivity index (χ2n) is 5.21. The van der Waals surface area contributed by atoms with Crippen molar-refractivity contribution in [2.24, 2.45) is 0 Å². The minimum atomic E-state index is -0.419. The lowest BCUT2D eigenvalue weighted by molar-refractivity contribution is 0.0907. The van der Waals surface area contributed by atoms with Gasteiger partial charge in [0.25, 0.3) is 0 Å². The van der Waals surface area contributed by atoms with Crippen molar-refractivity contribution >= 4 is 28.5 Å². The van der Waals surface area contributed by atoms with E-state index in [0.717, 1.165) is 5.39 Å². The van der Waals surface area contributed by atoms with Gasteiger partial charge < -0.3 is 19.7 Å². The minimum Gasteiger partial charge on any atom is -0.347 e. The number of H-pyrrole nitrogens is 1. The normalized spacial score (nSPS) is 11.3. The van der Waals surface area contributed by atoms with E-state index in [0.29, 0.717) is 29.3 Å². The van der Waals surface area contributed by atoms with Crippen LogP contribution in [0.5, 0.6) is 0 Å². The van der Waals surface area contributed by atoms with Crippen molar-refractivity contribution in [2.75, 3.05) is 27.2 Å². The molecular weight excluding hydrogens is 320 g/mol. The predicted molar refractivity (Wildman–Crippen MR) is 85.3 cm³/mol. The van der Waals surface area contributed by atoms with Crippen LogP contribution in [0.4, 0.5) is 0 Å². The average molecular weight is 335 g/mol. The van der Waals surface area contributed by atoms with E-state index in [1.807, 2.05) is 25.1 Å². The summed E-state index contributed by atoms with van der Waals surface area (Å²) in [6.07, 6.45) is 3.28. The molecule has 0 unspecified atom stereocenters. The number of amides is 1. The van der Waals surface area contributed by atoms with E-state index in [1.165, 1.54) is 0 Å². The molecule has 0 saturated heterocycles. The lowest BCUT2D eigenvalue weighted by atomic mass is 10.2. The standard InChI is InChI=1S/C14H15ClN6O2/c1-21(2)6-5-17-13(22)14-19-12(20-23-14)9-7-18-11-8(10(9)15)3-4-16-11/h3-4,7H,5-6H2,1-2H3,(H,16,18)(H,17,22). The third-order valence-corrected chi connectivity index (χ3v) is 3.63. The summed E-state index contributed by atoms with van der Waals surface area (Å²) in [5.41, 5.74) is 1.18. The van der Waals surface area contributed by atoms with Crippen molar-refractivity contribution in [3.05, 3.63) is 29.4 Å². The summed E-state index contributed by atoms with van der Waals surface area (Å²) in [4.78, 5) is 25.2. The van der Waals surface area contributed by atoms with Gasteiger partial charge in [0, 0.05) is 30.9 Å². The van der Waals surface area contributed by atoms with Crippen LogP contribution in [0, 0.1) is 0 Å². The first-order valence-electron chi connectivity index (χ1n) is 6.95. The maximum absolute atomic E-state index is 11.9. The Morgan fingerprint density at radius 3 is 3.09 bits per heavy atom. The Morgan fingerprint density at radius 1 is 1.48 bits per heavy atom. The first-order valence-corrected chi connectivity index (χ1v) is 7.32. The van der Waals surface area contributed by atoms with Crippen LogP contribution in [0.25, 0.3) is 22.4 Å². The second-order valence-corrected chi connectivity index (χ2v) is 5.59. The monoisotopic (exact) mass is 334 g/mol. The Kier molecular flexibility index (Phi) is 4.26. The lowest BCUT2D eigenvalue weighted by Crippen LogP contribution is -2.31. The molecule has 1 amide bonds. The van der Waals surface area contributed by atoms with Crippen LogP contribution >= 0.6 is 11.6 Å². The largest absolute Gasteiger partial charge is 0.347 e. The van der Waals surface area contributed by atoms with Crippen LogP contribution in [0.15, 0.2) is 23.0 Å². The number of nitrogens with one attached hydrogen (secondary N) is 2. The van der Waals surface area contributed by atoms with Crippen molar-refractivity contribution in [3.8, 4) is 11.4 Å². The number of nitrogens with zero attached hydrogens (tertiary/aromatic N) is 4. The molecule has 0 aliphatic carbocycles. The van der Waals surface area contributed by atoms with E-state index in [1.54, 1.807) is 12.4 Å². The molecule has 120 valence electrons. The number of hydrogen-bond donors (Lipinski definition) is 2. The SMILES string of the molecule is CN(C)CCNC(=O)c1nc(-c2cnc3[nH]ccc3c2Cl)no1. The van der Waals surface area contributed by atoms with Crippen molar-refractivity contribution in [3.63, 3.8) is 0 Å². The molecule has 3 heterocycles. The smallest absolute Gasteiger partial charge is 0.316 e. The topological polar surface area (TPSA) is 99.9 Å². The summed E-state index contributed by atoms with van der Waals surface area (Å²) in [6, 6.07) is 1.81. The van der Waals surface area contributed by atoms with E-state index in [9.17, 15) is 4.79 Å². The summed E-state index contributed by atoms with van der Waals surface area (Å²) in [5, 5.41) is 7.73. The Bertz CT molecular complexity index is 841. The van der Waals surface area contributed by atoms with Gasteiger partial charge in [0.05, 0.1) is 10.6 Å². The maximum Gasteiger partial charge on any atom is 0.316 e. The molecule has 23 heavy (non-hydrogen) atoms. The summed E-state index contributed by atoms with van der Waals surface area (Å²) < 4.78 is 5.01. The lowest BCUT2D eigenvalue weighted by Gasteiger charge is -2.08. The summed E-state index contributed by atoms with van der Waals surface area (Å²) in [6.45, 7) is 1.20. The Morgan fingerprint density at radius 2 is 2.30 bits per heavy atom. The molecule has 0 fully saturated rings. The number of rotatable bonds is 5. The highest BCUT2D eigenvalue weighted by Gasteiger charge is 2.19. The zero-order valence-corrected chi connectivity index (χ0v) is 13.4. The Hall–Kier alpha value is -2.45. The quantitative estimate of drug-likeness (QED) is 0.734. The number of hydrogen-bond acceptors (Lipinski definition) is 6. The van der Waals surface area contributed by atoms with Crippen LogP contribution in [0.3, 0.4) is 0 Å². The van der Waals surface area contributed by atoms with Gasteiger partial charge in [-0.2, -0.15) is 4.98 Å².